The zero-order chi connectivity index (χ0) is 15.8. The standard InChI is InChI=1S/C19H19NO3/c21-10-13-7-19(22)20(9-13)18-5-3-14(4-6-18)15-1-2-16-11-23-12-17(16)8-15/h1-6,8,13,21H,7,9-12H2. The van der Waals surface area contributed by atoms with Crippen molar-refractivity contribution < 1.29 is 14.6 Å². The highest BCUT2D eigenvalue weighted by molar-refractivity contribution is 5.96. The molecule has 2 aliphatic heterocycles. The van der Waals surface area contributed by atoms with Gasteiger partial charge in [0.15, 0.2) is 0 Å². The molecule has 0 aromatic heterocycles. The van der Waals surface area contributed by atoms with Gasteiger partial charge in [-0.25, -0.2) is 0 Å². The molecule has 4 rings (SSSR count). The number of amides is 1. The smallest absolute Gasteiger partial charge is 0.227 e. The van der Waals surface area contributed by atoms with E-state index in [1.165, 1.54) is 16.7 Å². The first-order chi connectivity index (χ1) is 11.2. The van der Waals surface area contributed by atoms with Crippen LogP contribution >= 0.6 is 0 Å². The van der Waals surface area contributed by atoms with Gasteiger partial charge in [0.1, 0.15) is 0 Å². The SMILES string of the molecule is O=C1CC(CO)CN1c1ccc(-c2ccc3c(c2)COC3)cc1. The molecule has 1 saturated heterocycles. The molecule has 0 bridgehead atoms. The fraction of sp³-hybridized carbons (Fsp3) is 0.316. The first-order valence-electron chi connectivity index (χ1n) is 7.96. The van der Waals surface area contributed by atoms with Gasteiger partial charge in [-0.2, -0.15) is 0 Å². The van der Waals surface area contributed by atoms with Crippen molar-refractivity contribution in [1.29, 1.82) is 0 Å². The molecule has 2 aromatic rings. The van der Waals surface area contributed by atoms with E-state index in [1.54, 1.807) is 4.90 Å². The Hall–Kier alpha value is -2.17. The number of aliphatic hydroxyl groups is 1. The topological polar surface area (TPSA) is 49.8 Å². The van der Waals surface area contributed by atoms with Crippen LogP contribution in [0.2, 0.25) is 0 Å². The number of aliphatic hydroxyl groups excluding tert-OH is 1. The third-order valence-corrected chi connectivity index (χ3v) is 4.70. The second-order valence-corrected chi connectivity index (χ2v) is 6.28. The van der Waals surface area contributed by atoms with Crippen LogP contribution in [0, 0.1) is 5.92 Å². The summed E-state index contributed by atoms with van der Waals surface area (Å²) in [4.78, 5) is 13.8. The minimum Gasteiger partial charge on any atom is -0.396 e. The Bertz CT molecular complexity index is 739. The summed E-state index contributed by atoms with van der Waals surface area (Å²) in [6.45, 7) is 2.06. The molecule has 1 amide bonds. The van der Waals surface area contributed by atoms with Crippen LogP contribution in [0.15, 0.2) is 42.5 Å². The van der Waals surface area contributed by atoms with Crippen LogP contribution < -0.4 is 4.90 Å². The number of benzene rings is 2. The van der Waals surface area contributed by atoms with E-state index in [2.05, 4.69) is 18.2 Å². The normalized spacial score (nSPS) is 20.1. The Labute approximate surface area is 135 Å². The summed E-state index contributed by atoms with van der Waals surface area (Å²) >= 11 is 0. The van der Waals surface area contributed by atoms with Gasteiger partial charge in [0, 0.05) is 31.2 Å². The molecule has 0 saturated carbocycles. The van der Waals surface area contributed by atoms with Crippen LogP contribution in [0.4, 0.5) is 5.69 Å². The number of fused-ring (bicyclic) bond motifs is 1. The van der Waals surface area contributed by atoms with Gasteiger partial charge in [-0.1, -0.05) is 24.3 Å². The summed E-state index contributed by atoms with van der Waals surface area (Å²) in [6, 6.07) is 14.5. The van der Waals surface area contributed by atoms with Crippen LogP contribution in [0.5, 0.6) is 0 Å². The molecule has 2 aliphatic rings. The van der Waals surface area contributed by atoms with Gasteiger partial charge in [0.2, 0.25) is 5.91 Å². The second-order valence-electron chi connectivity index (χ2n) is 6.28. The van der Waals surface area contributed by atoms with E-state index in [0.717, 1.165) is 11.3 Å². The highest BCUT2D eigenvalue weighted by Crippen LogP contribution is 2.30. The molecule has 0 aliphatic carbocycles. The van der Waals surface area contributed by atoms with Crippen molar-refractivity contribution in [2.24, 2.45) is 5.92 Å². The van der Waals surface area contributed by atoms with Crippen molar-refractivity contribution in [2.45, 2.75) is 19.6 Å². The first-order valence-corrected chi connectivity index (χ1v) is 7.96. The molecule has 2 heterocycles. The van der Waals surface area contributed by atoms with Crippen molar-refractivity contribution in [3.8, 4) is 11.1 Å². The van der Waals surface area contributed by atoms with Gasteiger partial charge in [-0.15, -0.1) is 0 Å². The summed E-state index contributed by atoms with van der Waals surface area (Å²) in [7, 11) is 0. The van der Waals surface area contributed by atoms with E-state index in [-0.39, 0.29) is 18.4 Å². The predicted molar refractivity (Wildman–Crippen MR) is 87.9 cm³/mol. The molecule has 4 heteroatoms. The van der Waals surface area contributed by atoms with E-state index in [0.29, 0.717) is 26.2 Å². The lowest BCUT2D eigenvalue weighted by Gasteiger charge is -2.17. The fourth-order valence-electron chi connectivity index (χ4n) is 3.34. The van der Waals surface area contributed by atoms with E-state index in [4.69, 9.17) is 4.74 Å². The zero-order valence-electron chi connectivity index (χ0n) is 12.9. The van der Waals surface area contributed by atoms with Crippen LogP contribution in [0.25, 0.3) is 11.1 Å². The number of nitrogens with zero attached hydrogens (tertiary/aromatic N) is 1. The monoisotopic (exact) mass is 309 g/mol. The number of ether oxygens (including phenoxy) is 1. The molecule has 118 valence electrons. The molecule has 0 spiro atoms. The third kappa shape index (κ3) is 2.64. The predicted octanol–water partition coefficient (Wildman–Crippen LogP) is 2.73. The van der Waals surface area contributed by atoms with E-state index < -0.39 is 0 Å². The average Bonchev–Trinajstić information content (AvgIpc) is 3.20. The second kappa shape index (κ2) is 5.80. The Kier molecular flexibility index (Phi) is 3.63. The van der Waals surface area contributed by atoms with E-state index in [1.807, 2.05) is 24.3 Å². The number of carbonyl (C=O) groups is 1. The molecule has 1 fully saturated rings. The Morgan fingerprint density at radius 2 is 1.78 bits per heavy atom. The van der Waals surface area contributed by atoms with E-state index >= 15 is 0 Å². The van der Waals surface area contributed by atoms with Gasteiger partial charge in [-0.05, 0) is 40.5 Å². The number of hydrogen-bond donors (Lipinski definition) is 1. The van der Waals surface area contributed by atoms with Crippen LogP contribution in [0.3, 0.4) is 0 Å². The minimum absolute atomic E-state index is 0.0545. The average molecular weight is 309 g/mol. The summed E-state index contributed by atoms with van der Waals surface area (Å²) in [5.41, 5.74) is 5.73. The molecule has 0 radical (unpaired) electrons. The van der Waals surface area contributed by atoms with E-state index in [9.17, 15) is 9.90 Å². The quantitative estimate of drug-likeness (QED) is 0.948. The maximum Gasteiger partial charge on any atom is 0.227 e. The molecule has 23 heavy (non-hydrogen) atoms. The van der Waals surface area contributed by atoms with Gasteiger partial charge in [0.25, 0.3) is 0 Å². The van der Waals surface area contributed by atoms with Crippen molar-refractivity contribution >= 4 is 11.6 Å². The molecule has 1 N–H and O–H groups in total. The fourth-order valence-corrected chi connectivity index (χ4v) is 3.34. The summed E-state index contributed by atoms with van der Waals surface area (Å²) in [5.74, 6) is 0.144. The van der Waals surface area contributed by atoms with Gasteiger partial charge >= 0.3 is 0 Å². The van der Waals surface area contributed by atoms with Gasteiger partial charge < -0.3 is 14.7 Å². The Morgan fingerprint density at radius 1 is 1.04 bits per heavy atom. The van der Waals surface area contributed by atoms with Crippen LogP contribution in [-0.4, -0.2) is 24.2 Å². The molecule has 1 unspecified atom stereocenters. The third-order valence-electron chi connectivity index (χ3n) is 4.70. The zero-order valence-corrected chi connectivity index (χ0v) is 12.9. The van der Waals surface area contributed by atoms with Crippen molar-refractivity contribution in [2.75, 3.05) is 18.1 Å². The first kappa shape index (κ1) is 14.4. The summed E-state index contributed by atoms with van der Waals surface area (Å²) in [5, 5.41) is 9.23. The number of anilines is 1. The van der Waals surface area contributed by atoms with Crippen molar-refractivity contribution in [3.05, 3.63) is 53.6 Å². The largest absolute Gasteiger partial charge is 0.396 e. The highest BCUT2D eigenvalue weighted by atomic mass is 16.5. The number of hydrogen-bond acceptors (Lipinski definition) is 3. The summed E-state index contributed by atoms with van der Waals surface area (Å²) in [6.07, 6.45) is 0.434. The van der Waals surface area contributed by atoms with Crippen molar-refractivity contribution in [1.82, 2.24) is 0 Å². The Morgan fingerprint density at radius 3 is 2.52 bits per heavy atom. The minimum atomic E-state index is 0.0545. The lowest BCUT2D eigenvalue weighted by atomic mass is 10.0. The summed E-state index contributed by atoms with van der Waals surface area (Å²) < 4.78 is 5.46. The molecule has 4 nitrogen and oxygen atoms in total. The van der Waals surface area contributed by atoms with Crippen LogP contribution in [0.1, 0.15) is 17.5 Å². The van der Waals surface area contributed by atoms with Crippen molar-refractivity contribution in [3.63, 3.8) is 0 Å². The Balaban J connectivity index is 1.58. The van der Waals surface area contributed by atoms with Gasteiger partial charge in [-0.3, -0.25) is 4.79 Å². The molecule has 2 aromatic carbocycles. The van der Waals surface area contributed by atoms with Gasteiger partial charge in [0.05, 0.1) is 13.2 Å². The molecular weight excluding hydrogens is 290 g/mol. The molecule has 1 atom stereocenters. The number of rotatable bonds is 3. The lowest BCUT2D eigenvalue weighted by molar-refractivity contribution is -0.117. The maximum atomic E-state index is 12.0. The molecular formula is C19H19NO3. The highest BCUT2D eigenvalue weighted by Gasteiger charge is 2.29. The lowest BCUT2D eigenvalue weighted by Crippen LogP contribution is -2.24. The maximum absolute atomic E-state index is 12.0. The van der Waals surface area contributed by atoms with Crippen LogP contribution in [-0.2, 0) is 22.7 Å². The number of carbonyl (C=O) groups excluding carboxylic acids is 1.